The zero-order chi connectivity index (χ0) is 22.2. The van der Waals surface area contributed by atoms with E-state index in [1.165, 1.54) is 4.90 Å². The van der Waals surface area contributed by atoms with Gasteiger partial charge < -0.3 is 10.1 Å². The van der Waals surface area contributed by atoms with Crippen LogP contribution in [0, 0.1) is 23.7 Å². The van der Waals surface area contributed by atoms with E-state index in [4.69, 9.17) is 4.74 Å². The van der Waals surface area contributed by atoms with Crippen molar-refractivity contribution >= 4 is 23.4 Å². The van der Waals surface area contributed by atoms with E-state index in [1.54, 1.807) is 31.4 Å². The predicted octanol–water partition coefficient (Wildman–Crippen LogP) is 3.96. The predicted molar refractivity (Wildman–Crippen MR) is 120 cm³/mol. The van der Waals surface area contributed by atoms with Crippen molar-refractivity contribution in [2.75, 3.05) is 12.4 Å². The Kier molecular flexibility index (Phi) is 5.29. The summed E-state index contributed by atoms with van der Waals surface area (Å²) in [4.78, 5) is 41.3. The van der Waals surface area contributed by atoms with Gasteiger partial charge in [0.2, 0.25) is 17.7 Å². The molecule has 1 N–H and O–H groups in total. The van der Waals surface area contributed by atoms with Gasteiger partial charge in [-0.2, -0.15) is 0 Å². The maximum Gasteiger partial charge on any atom is 0.234 e. The second-order valence-corrected chi connectivity index (χ2v) is 8.80. The Morgan fingerprint density at radius 2 is 1.56 bits per heavy atom. The van der Waals surface area contributed by atoms with Crippen LogP contribution in [0.15, 0.2) is 66.7 Å². The summed E-state index contributed by atoms with van der Waals surface area (Å²) in [5.74, 6) is -0.156. The van der Waals surface area contributed by atoms with Crippen molar-refractivity contribution in [1.82, 2.24) is 4.90 Å². The van der Waals surface area contributed by atoms with Gasteiger partial charge in [0.1, 0.15) is 5.75 Å². The van der Waals surface area contributed by atoms with E-state index < -0.39 is 6.04 Å². The van der Waals surface area contributed by atoms with E-state index in [2.05, 4.69) is 17.5 Å². The number of hydrogen-bond acceptors (Lipinski definition) is 4. The number of methoxy groups -OCH3 is 1. The number of fused-ring (bicyclic) bond motifs is 1. The molecule has 1 saturated carbocycles. The molecule has 2 bridgehead atoms. The number of anilines is 1. The molecule has 1 aliphatic heterocycles. The molecule has 5 unspecified atom stereocenters. The van der Waals surface area contributed by atoms with Crippen LogP contribution in [0.2, 0.25) is 0 Å². The van der Waals surface area contributed by atoms with Crippen molar-refractivity contribution in [3.63, 3.8) is 0 Å². The first-order valence-corrected chi connectivity index (χ1v) is 11.1. The fraction of sp³-hybridized carbons (Fsp3) is 0.346. The third-order valence-corrected chi connectivity index (χ3v) is 7.04. The summed E-state index contributed by atoms with van der Waals surface area (Å²) < 4.78 is 5.16. The summed E-state index contributed by atoms with van der Waals surface area (Å²) in [7, 11) is 1.58. The molecule has 5 atom stereocenters. The molecule has 0 aromatic heterocycles. The summed E-state index contributed by atoms with van der Waals surface area (Å²) in [5, 5.41) is 2.88. The van der Waals surface area contributed by atoms with Crippen molar-refractivity contribution in [2.45, 2.75) is 25.3 Å². The van der Waals surface area contributed by atoms with E-state index in [-0.39, 0.29) is 47.8 Å². The lowest BCUT2D eigenvalue weighted by molar-refractivity contribution is -0.143. The summed E-state index contributed by atoms with van der Waals surface area (Å²) >= 11 is 0. The number of allylic oxidation sites excluding steroid dienone is 2. The van der Waals surface area contributed by atoms with Crippen LogP contribution in [0.5, 0.6) is 5.75 Å². The third kappa shape index (κ3) is 3.49. The highest BCUT2D eigenvalue weighted by Crippen LogP contribution is 2.51. The van der Waals surface area contributed by atoms with Crippen molar-refractivity contribution in [3.8, 4) is 5.75 Å². The van der Waals surface area contributed by atoms with Gasteiger partial charge in [0.05, 0.1) is 31.4 Å². The first-order valence-electron chi connectivity index (χ1n) is 11.1. The molecule has 6 rings (SSSR count). The number of nitrogens with zero attached hydrogens (tertiary/aromatic N) is 1. The molecule has 2 aromatic rings. The van der Waals surface area contributed by atoms with Crippen molar-refractivity contribution in [3.05, 3.63) is 72.3 Å². The minimum Gasteiger partial charge on any atom is -0.497 e. The maximum atomic E-state index is 13.5. The third-order valence-electron chi connectivity index (χ3n) is 7.04. The number of benzene rings is 2. The molecular formula is C26H26N2O4. The molecule has 6 nitrogen and oxygen atoms in total. The lowest BCUT2D eigenvalue weighted by Crippen LogP contribution is -2.38. The fourth-order valence-electron chi connectivity index (χ4n) is 5.50. The van der Waals surface area contributed by atoms with Gasteiger partial charge in [-0.15, -0.1) is 0 Å². The molecule has 0 spiro atoms. The number of nitrogens with one attached hydrogen (secondary N) is 1. The molecule has 1 saturated heterocycles. The quantitative estimate of drug-likeness (QED) is 0.556. The molecule has 32 heavy (non-hydrogen) atoms. The normalized spacial score (nSPS) is 26.7. The molecule has 164 valence electrons. The zero-order valence-electron chi connectivity index (χ0n) is 17.9. The molecule has 3 amide bonds. The topological polar surface area (TPSA) is 75.7 Å². The molecule has 2 fully saturated rings. The van der Waals surface area contributed by atoms with Crippen LogP contribution in [0.25, 0.3) is 0 Å². The Labute approximate surface area is 187 Å². The molecule has 1 heterocycles. The monoisotopic (exact) mass is 430 g/mol. The minimum absolute atomic E-state index is 0.00965. The van der Waals surface area contributed by atoms with Gasteiger partial charge >= 0.3 is 0 Å². The van der Waals surface area contributed by atoms with Crippen molar-refractivity contribution in [2.24, 2.45) is 23.7 Å². The first kappa shape index (κ1) is 20.5. The highest BCUT2D eigenvalue weighted by Gasteiger charge is 2.58. The number of carbonyl (C=O) groups excluding carboxylic acids is 3. The van der Waals surface area contributed by atoms with E-state index in [1.807, 2.05) is 30.3 Å². The van der Waals surface area contributed by atoms with Gasteiger partial charge in [0.25, 0.3) is 0 Å². The van der Waals surface area contributed by atoms with Gasteiger partial charge in [-0.05, 0) is 54.5 Å². The van der Waals surface area contributed by atoms with Crippen LogP contribution in [0.3, 0.4) is 0 Å². The number of rotatable bonds is 6. The summed E-state index contributed by atoms with van der Waals surface area (Å²) in [6.07, 6.45) is 6.12. The van der Waals surface area contributed by atoms with Crippen LogP contribution in [-0.2, 0) is 14.4 Å². The van der Waals surface area contributed by atoms with E-state index in [9.17, 15) is 14.4 Å². The number of ether oxygens (including phenoxy) is 1. The second-order valence-electron chi connectivity index (χ2n) is 8.80. The largest absolute Gasteiger partial charge is 0.497 e. The number of amides is 3. The SMILES string of the molecule is COc1ccc(NC(=O)CC(c2ccccc2)N2C(=O)C3C4C=CC(CC4)C3C2=O)cc1. The van der Waals surface area contributed by atoms with Crippen molar-refractivity contribution in [1.29, 1.82) is 0 Å². The Morgan fingerprint density at radius 3 is 2.09 bits per heavy atom. The summed E-state index contributed by atoms with van der Waals surface area (Å²) in [6, 6.07) is 15.8. The first-order chi connectivity index (χ1) is 15.6. The van der Waals surface area contributed by atoms with Gasteiger partial charge in [-0.25, -0.2) is 0 Å². The average molecular weight is 431 g/mol. The minimum atomic E-state index is -0.626. The van der Waals surface area contributed by atoms with Gasteiger partial charge in [0, 0.05) is 5.69 Å². The number of imide groups is 1. The summed E-state index contributed by atoms with van der Waals surface area (Å²) in [6.45, 7) is 0. The van der Waals surface area contributed by atoms with Crippen molar-refractivity contribution < 1.29 is 19.1 Å². The van der Waals surface area contributed by atoms with Gasteiger partial charge in [0.15, 0.2) is 0 Å². The summed E-state index contributed by atoms with van der Waals surface area (Å²) in [5.41, 5.74) is 1.43. The Balaban J connectivity index is 1.41. The fourth-order valence-corrected chi connectivity index (χ4v) is 5.50. The zero-order valence-corrected chi connectivity index (χ0v) is 17.9. The highest BCUT2D eigenvalue weighted by atomic mass is 16.5. The lowest BCUT2D eigenvalue weighted by Gasteiger charge is -2.38. The van der Waals surface area contributed by atoms with Crippen LogP contribution in [0.1, 0.15) is 30.9 Å². The molecule has 0 radical (unpaired) electrons. The highest BCUT2D eigenvalue weighted by molar-refractivity contribution is 6.07. The van der Waals surface area contributed by atoms with Crippen LogP contribution in [0.4, 0.5) is 5.69 Å². The van der Waals surface area contributed by atoms with Crippen LogP contribution in [-0.4, -0.2) is 29.7 Å². The second kappa shape index (κ2) is 8.26. The van der Waals surface area contributed by atoms with Crippen LogP contribution >= 0.6 is 0 Å². The smallest absolute Gasteiger partial charge is 0.234 e. The molecular weight excluding hydrogens is 404 g/mol. The average Bonchev–Trinajstić information content (AvgIpc) is 3.11. The Hall–Kier alpha value is -3.41. The Morgan fingerprint density at radius 1 is 0.969 bits per heavy atom. The Bertz CT molecular complexity index is 1030. The molecule has 2 aromatic carbocycles. The van der Waals surface area contributed by atoms with E-state index in [0.29, 0.717) is 11.4 Å². The lowest BCUT2D eigenvalue weighted by atomic mass is 9.63. The molecule has 4 aliphatic rings. The standard InChI is InChI=1S/C26H26N2O4/c1-32-20-13-11-19(12-14-20)27-22(29)15-21(16-5-3-2-4-6-16)28-25(30)23-17-7-8-18(10-9-17)24(23)26(28)31/h2-8,11-14,17-18,21,23-24H,9-10,15H2,1H3,(H,27,29). The number of carbonyl (C=O) groups is 3. The number of hydrogen-bond donors (Lipinski definition) is 1. The van der Waals surface area contributed by atoms with Gasteiger partial charge in [-0.1, -0.05) is 42.5 Å². The van der Waals surface area contributed by atoms with E-state index in [0.717, 1.165) is 18.4 Å². The van der Waals surface area contributed by atoms with Crippen LogP contribution < -0.4 is 10.1 Å². The molecule has 3 aliphatic carbocycles. The maximum absolute atomic E-state index is 13.5. The number of likely N-dealkylation sites (tertiary alicyclic amines) is 1. The van der Waals surface area contributed by atoms with E-state index >= 15 is 0 Å². The molecule has 6 heteroatoms. The van der Waals surface area contributed by atoms with Gasteiger partial charge in [-0.3, -0.25) is 19.3 Å².